The molecular formula is C16H24O6. The predicted octanol–water partition coefficient (Wildman–Crippen LogP) is 2.76. The summed E-state index contributed by atoms with van der Waals surface area (Å²) in [7, 11) is 2.98. The zero-order valence-electron chi connectivity index (χ0n) is 13.8. The first-order valence-corrected chi connectivity index (χ1v) is 7.05. The number of ketones is 1. The molecule has 0 unspecified atom stereocenters. The molecule has 6 heteroatoms. The number of aromatic hydroxyl groups is 1. The maximum atomic E-state index is 11.9. The smallest absolute Gasteiger partial charge is 0.188 e. The average molecular weight is 312 g/mol. The van der Waals surface area contributed by atoms with Crippen LogP contribution in [-0.4, -0.2) is 38.7 Å². The van der Waals surface area contributed by atoms with Crippen LogP contribution in [0.15, 0.2) is 6.07 Å². The highest BCUT2D eigenvalue weighted by atomic mass is 16.7. The van der Waals surface area contributed by atoms with E-state index < -0.39 is 0 Å². The Kier molecular flexibility index (Phi) is 7.14. The van der Waals surface area contributed by atoms with Crippen molar-refractivity contribution in [3.63, 3.8) is 0 Å². The summed E-state index contributed by atoms with van der Waals surface area (Å²) in [6.07, 6.45) is 0.565. The second-order valence-corrected chi connectivity index (χ2v) is 5.33. The molecule has 0 aliphatic carbocycles. The van der Waals surface area contributed by atoms with E-state index in [4.69, 9.17) is 18.9 Å². The van der Waals surface area contributed by atoms with E-state index in [9.17, 15) is 9.90 Å². The van der Waals surface area contributed by atoms with Crippen molar-refractivity contribution in [1.29, 1.82) is 0 Å². The minimum Gasteiger partial charge on any atom is -0.507 e. The van der Waals surface area contributed by atoms with Gasteiger partial charge in [-0.15, -0.1) is 0 Å². The fourth-order valence-electron chi connectivity index (χ4n) is 2.10. The van der Waals surface area contributed by atoms with Gasteiger partial charge in [0.1, 0.15) is 22.8 Å². The molecule has 0 radical (unpaired) electrons. The molecule has 0 heterocycles. The Morgan fingerprint density at radius 2 is 1.68 bits per heavy atom. The van der Waals surface area contributed by atoms with Gasteiger partial charge >= 0.3 is 0 Å². The molecule has 1 aromatic rings. The summed E-state index contributed by atoms with van der Waals surface area (Å²) in [5, 5.41) is 10.5. The van der Waals surface area contributed by atoms with Gasteiger partial charge in [-0.05, 0) is 19.3 Å². The fraction of sp³-hybridized carbons (Fsp3) is 0.562. The number of hydrogen-bond donors (Lipinski definition) is 1. The van der Waals surface area contributed by atoms with Gasteiger partial charge in [0.15, 0.2) is 19.4 Å². The van der Waals surface area contributed by atoms with Crippen LogP contribution in [0, 0.1) is 5.92 Å². The van der Waals surface area contributed by atoms with Crippen molar-refractivity contribution in [3.8, 4) is 17.2 Å². The van der Waals surface area contributed by atoms with Crippen LogP contribution in [0.1, 0.15) is 36.7 Å². The van der Waals surface area contributed by atoms with Crippen LogP contribution in [0.2, 0.25) is 0 Å². The monoisotopic (exact) mass is 312 g/mol. The lowest BCUT2D eigenvalue weighted by Crippen LogP contribution is -2.10. The van der Waals surface area contributed by atoms with Crippen LogP contribution >= 0.6 is 0 Å². The third-order valence-corrected chi connectivity index (χ3v) is 2.96. The van der Waals surface area contributed by atoms with Gasteiger partial charge in [0.05, 0.1) is 0 Å². The molecule has 1 N–H and O–H groups in total. The third kappa shape index (κ3) is 4.61. The van der Waals surface area contributed by atoms with Gasteiger partial charge in [-0.3, -0.25) is 4.79 Å². The molecule has 0 fully saturated rings. The standard InChI is InChI=1S/C16H24O6/c1-10(2)6-12-13(21-8-19-4)7-14(22-9-20-5)15(11(3)17)16(12)18/h7,10,18H,6,8-9H2,1-5H3. The number of ether oxygens (including phenoxy) is 4. The number of phenolic OH excluding ortho intramolecular Hbond substituents is 1. The van der Waals surface area contributed by atoms with E-state index in [1.807, 2.05) is 13.8 Å². The first-order chi connectivity index (χ1) is 10.4. The van der Waals surface area contributed by atoms with E-state index >= 15 is 0 Å². The van der Waals surface area contributed by atoms with Crippen molar-refractivity contribution in [3.05, 3.63) is 17.2 Å². The van der Waals surface area contributed by atoms with Gasteiger partial charge in [0.25, 0.3) is 0 Å². The van der Waals surface area contributed by atoms with Crippen LogP contribution in [0.4, 0.5) is 0 Å². The zero-order chi connectivity index (χ0) is 16.7. The summed E-state index contributed by atoms with van der Waals surface area (Å²) in [4.78, 5) is 11.9. The molecular weight excluding hydrogens is 288 g/mol. The molecule has 0 bridgehead atoms. The number of Topliss-reactive ketones (excluding diaryl/α,β-unsaturated/α-hetero) is 1. The summed E-state index contributed by atoms with van der Waals surface area (Å²) in [5.74, 6) is 0.545. The van der Waals surface area contributed by atoms with Crippen LogP contribution in [0.25, 0.3) is 0 Å². The predicted molar refractivity (Wildman–Crippen MR) is 81.7 cm³/mol. The Hall–Kier alpha value is -1.79. The number of carbonyl (C=O) groups is 1. The van der Waals surface area contributed by atoms with E-state index in [2.05, 4.69) is 0 Å². The lowest BCUT2D eigenvalue weighted by molar-refractivity contribution is 0.0447. The summed E-state index contributed by atoms with van der Waals surface area (Å²) in [6, 6.07) is 1.59. The van der Waals surface area contributed by atoms with Gasteiger partial charge < -0.3 is 24.1 Å². The Balaban J connectivity index is 3.39. The van der Waals surface area contributed by atoms with Crippen LogP contribution in [0.5, 0.6) is 17.2 Å². The molecule has 1 aromatic carbocycles. The molecule has 0 spiro atoms. The lowest BCUT2D eigenvalue weighted by atomic mass is 9.96. The SMILES string of the molecule is COCOc1cc(OCOC)c(C(C)=O)c(O)c1CC(C)C. The van der Waals surface area contributed by atoms with Crippen molar-refractivity contribution in [2.45, 2.75) is 27.2 Å². The summed E-state index contributed by atoms with van der Waals surface area (Å²) < 4.78 is 20.7. The number of phenols is 1. The van der Waals surface area contributed by atoms with E-state index in [1.54, 1.807) is 6.07 Å². The summed E-state index contributed by atoms with van der Waals surface area (Å²) in [6.45, 7) is 5.41. The van der Waals surface area contributed by atoms with E-state index in [1.165, 1.54) is 21.1 Å². The topological polar surface area (TPSA) is 74.2 Å². The van der Waals surface area contributed by atoms with Crippen molar-refractivity contribution < 1.29 is 28.8 Å². The van der Waals surface area contributed by atoms with E-state index in [0.29, 0.717) is 17.7 Å². The van der Waals surface area contributed by atoms with Crippen molar-refractivity contribution in [1.82, 2.24) is 0 Å². The largest absolute Gasteiger partial charge is 0.507 e. The number of rotatable bonds is 9. The van der Waals surface area contributed by atoms with Crippen molar-refractivity contribution in [2.75, 3.05) is 27.8 Å². The minimum atomic E-state index is -0.285. The van der Waals surface area contributed by atoms with Gasteiger partial charge in [-0.2, -0.15) is 0 Å². The lowest BCUT2D eigenvalue weighted by Gasteiger charge is -2.19. The van der Waals surface area contributed by atoms with Crippen LogP contribution in [0.3, 0.4) is 0 Å². The molecule has 0 aliphatic heterocycles. The second kappa shape index (κ2) is 8.60. The third-order valence-electron chi connectivity index (χ3n) is 2.96. The molecule has 0 saturated carbocycles. The maximum Gasteiger partial charge on any atom is 0.188 e. The Morgan fingerprint density at radius 3 is 2.14 bits per heavy atom. The van der Waals surface area contributed by atoms with Gasteiger partial charge in [0, 0.05) is 25.8 Å². The number of carbonyl (C=O) groups excluding carboxylic acids is 1. The van der Waals surface area contributed by atoms with Crippen LogP contribution in [-0.2, 0) is 15.9 Å². The van der Waals surface area contributed by atoms with Gasteiger partial charge in [-0.25, -0.2) is 0 Å². The zero-order valence-corrected chi connectivity index (χ0v) is 13.8. The molecule has 0 aromatic heterocycles. The molecule has 0 amide bonds. The molecule has 22 heavy (non-hydrogen) atoms. The number of hydrogen-bond acceptors (Lipinski definition) is 6. The van der Waals surface area contributed by atoms with Crippen molar-refractivity contribution >= 4 is 5.78 Å². The van der Waals surface area contributed by atoms with E-state index in [0.717, 1.165) is 0 Å². The van der Waals surface area contributed by atoms with Crippen molar-refractivity contribution in [2.24, 2.45) is 5.92 Å². The summed E-state index contributed by atoms with van der Waals surface area (Å²) in [5.41, 5.74) is 0.708. The number of methoxy groups -OCH3 is 2. The average Bonchev–Trinajstić information content (AvgIpc) is 2.44. The Labute approximate surface area is 130 Å². The first-order valence-electron chi connectivity index (χ1n) is 7.05. The minimum absolute atomic E-state index is 0.0348. The van der Waals surface area contributed by atoms with Gasteiger partial charge in [-0.1, -0.05) is 13.8 Å². The highest BCUT2D eigenvalue weighted by Crippen LogP contribution is 2.40. The molecule has 0 saturated heterocycles. The normalized spacial score (nSPS) is 10.8. The maximum absolute atomic E-state index is 11.9. The highest BCUT2D eigenvalue weighted by molar-refractivity contribution is 6.00. The molecule has 6 nitrogen and oxygen atoms in total. The molecule has 124 valence electrons. The Morgan fingerprint density at radius 1 is 1.14 bits per heavy atom. The second-order valence-electron chi connectivity index (χ2n) is 5.33. The first kappa shape index (κ1) is 18.3. The quantitative estimate of drug-likeness (QED) is 0.558. The Bertz CT molecular complexity index is 510. The van der Waals surface area contributed by atoms with Crippen LogP contribution < -0.4 is 9.47 Å². The van der Waals surface area contributed by atoms with E-state index in [-0.39, 0.29) is 42.3 Å². The molecule has 0 aliphatic rings. The fourth-order valence-corrected chi connectivity index (χ4v) is 2.10. The van der Waals surface area contributed by atoms with Gasteiger partial charge in [0.2, 0.25) is 0 Å². The number of benzene rings is 1. The summed E-state index contributed by atoms with van der Waals surface area (Å²) >= 11 is 0. The highest BCUT2D eigenvalue weighted by Gasteiger charge is 2.23. The molecule has 1 rings (SSSR count). The molecule has 0 atom stereocenters.